The van der Waals surface area contributed by atoms with E-state index in [9.17, 15) is 0 Å². The summed E-state index contributed by atoms with van der Waals surface area (Å²) in [5.41, 5.74) is 1.72. The van der Waals surface area contributed by atoms with Gasteiger partial charge in [-0.2, -0.15) is 0 Å². The summed E-state index contributed by atoms with van der Waals surface area (Å²) in [6.07, 6.45) is 3.61. The van der Waals surface area contributed by atoms with E-state index in [1.165, 1.54) is 0 Å². The van der Waals surface area contributed by atoms with E-state index in [1.807, 2.05) is 22.7 Å². The zero-order chi connectivity index (χ0) is 8.55. The lowest BCUT2D eigenvalue weighted by Crippen LogP contribution is -1.88. The normalized spacial score (nSPS) is 10.8. The summed E-state index contributed by atoms with van der Waals surface area (Å²) < 4.78 is 2.82. The van der Waals surface area contributed by atoms with Crippen LogP contribution in [0.1, 0.15) is 5.56 Å². The Balaban J connectivity index is 2.69. The molecule has 4 heteroatoms. The first kappa shape index (κ1) is 7.76. The van der Waals surface area contributed by atoms with Crippen LogP contribution in [0, 0.1) is 0 Å². The number of hydrogen-bond acceptors (Lipinski definition) is 2. The predicted octanol–water partition coefficient (Wildman–Crippen LogP) is 1.59. The van der Waals surface area contributed by atoms with Crippen LogP contribution in [0.2, 0.25) is 0 Å². The molecule has 0 atom stereocenters. The molecule has 0 spiro atoms. The second-order valence-electron chi connectivity index (χ2n) is 2.50. The number of imidazole rings is 1. The molecule has 2 aromatic heterocycles. The lowest BCUT2D eigenvalue weighted by Gasteiger charge is -1.97. The van der Waals surface area contributed by atoms with Crippen molar-refractivity contribution in [2.75, 3.05) is 0 Å². The number of pyridine rings is 1. The second kappa shape index (κ2) is 2.88. The summed E-state index contributed by atoms with van der Waals surface area (Å²) in [7, 11) is 0. The van der Waals surface area contributed by atoms with Crippen LogP contribution >= 0.6 is 15.9 Å². The summed E-state index contributed by atoms with van der Waals surface area (Å²) in [4.78, 5) is 4.13. The molecule has 1 N–H and O–H groups in total. The predicted molar refractivity (Wildman–Crippen MR) is 48.8 cm³/mol. The highest BCUT2D eigenvalue weighted by Crippen LogP contribution is 2.13. The molecule has 0 amide bonds. The number of aromatic nitrogens is 2. The lowest BCUT2D eigenvalue weighted by molar-refractivity contribution is 0.282. The van der Waals surface area contributed by atoms with E-state index in [1.54, 1.807) is 6.20 Å². The Morgan fingerprint density at radius 1 is 1.58 bits per heavy atom. The number of nitrogens with zero attached hydrogens (tertiary/aromatic N) is 2. The molecule has 62 valence electrons. The van der Waals surface area contributed by atoms with E-state index in [0.29, 0.717) is 0 Å². The van der Waals surface area contributed by atoms with Gasteiger partial charge < -0.3 is 5.11 Å². The Hall–Kier alpha value is -0.870. The van der Waals surface area contributed by atoms with Gasteiger partial charge in [-0.05, 0) is 33.6 Å². The molecule has 12 heavy (non-hydrogen) atoms. The van der Waals surface area contributed by atoms with Crippen molar-refractivity contribution >= 4 is 21.6 Å². The molecule has 0 aliphatic rings. The van der Waals surface area contributed by atoms with Crippen LogP contribution in [0.15, 0.2) is 29.1 Å². The van der Waals surface area contributed by atoms with E-state index >= 15 is 0 Å². The summed E-state index contributed by atoms with van der Waals surface area (Å²) in [6, 6.07) is 3.71. The fraction of sp³-hybridized carbons (Fsp3) is 0.125. The summed E-state index contributed by atoms with van der Waals surface area (Å²) in [5.74, 6) is 0. The van der Waals surface area contributed by atoms with Crippen molar-refractivity contribution in [2.45, 2.75) is 6.61 Å². The highest BCUT2D eigenvalue weighted by atomic mass is 79.9. The van der Waals surface area contributed by atoms with Gasteiger partial charge in [-0.15, -0.1) is 0 Å². The average Bonchev–Trinajstić information content (AvgIpc) is 2.47. The molecule has 0 saturated carbocycles. The third-order valence-electron chi connectivity index (χ3n) is 1.72. The van der Waals surface area contributed by atoms with Gasteiger partial charge in [-0.1, -0.05) is 0 Å². The van der Waals surface area contributed by atoms with Gasteiger partial charge in [-0.3, -0.25) is 4.40 Å². The zero-order valence-corrected chi connectivity index (χ0v) is 7.82. The molecule has 0 unspecified atom stereocenters. The van der Waals surface area contributed by atoms with E-state index < -0.39 is 0 Å². The van der Waals surface area contributed by atoms with Crippen molar-refractivity contribution in [1.29, 1.82) is 0 Å². The van der Waals surface area contributed by atoms with Crippen molar-refractivity contribution in [3.8, 4) is 0 Å². The zero-order valence-electron chi connectivity index (χ0n) is 6.24. The van der Waals surface area contributed by atoms with Crippen LogP contribution < -0.4 is 0 Å². The smallest absolute Gasteiger partial charge is 0.137 e. The van der Waals surface area contributed by atoms with Crippen LogP contribution in [-0.4, -0.2) is 14.5 Å². The first-order valence-electron chi connectivity index (χ1n) is 3.53. The van der Waals surface area contributed by atoms with E-state index in [-0.39, 0.29) is 6.61 Å². The molecule has 2 heterocycles. The molecule has 0 aliphatic heterocycles. The van der Waals surface area contributed by atoms with Crippen LogP contribution in [0.5, 0.6) is 0 Å². The number of fused-ring (bicyclic) bond motifs is 1. The average molecular weight is 227 g/mol. The van der Waals surface area contributed by atoms with Gasteiger partial charge in [0.25, 0.3) is 0 Å². The molecule has 0 aromatic carbocycles. The second-order valence-corrected chi connectivity index (χ2v) is 3.31. The molecular formula is C8H7BrN2O. The Bertz CT molecular complexity index is 410. The maximum atomic E-state index is 8.86. The molecular weight excluding hydrogens is 220 g/mol. The molecule has 0 aliphatic carbocycles. The number of hydrogen-bond donors (Lipinski definition) is 1. The Morgan fingerprint density at radius 2 is 2.42 bits per heavy atom. The van der Waals surface area contributed by atoms with Gasteiger partial charge in [0.05, 0.1) is 12.8 Å². The van der Waals surface area contributed by atoms with Gasteiger partial charge in [0.15, 0.2) is 0 Å². The van der Waals surface area contributed by atoms with Crippen LogP contribution in [0.4, 0.5) is 0 Å². The summed E-state index contributed by atoms with van der Waals surface area (Å²) in [6.45, 7) is 0.0565. The fourth-order valence-electron chi connectivity index (χ4n) is 1.09. The van der Waals surface area contributed by atoms with Crippen molar-refractivity contribution < 1.29 is 5.11 Å². The van der Waals surface area contributed by atoms with E-state index in [0.717, 1.165) is 15.8 Å². The Kier molecular flexibility index (Phi) is 1.86. The molecule has 2 rings (SSSR count). The molecule has 0 radical (unpaired) electrons. The van der Waals surface area contributed by atoms with Crippen molar-refractivity contribution in [1.82, 2.24) is 9.38 Å². The maximum Gasteiger partial charge on any atom is 0.137 e. The van der Waals surface area contributed by atoms with E-state index in [4.69, 9.17) is 5.11 Å². The molecule has 0 saturated heterocycles. The van der Waals surface area contributed by atoms with Crippen LogP contribution in [-0.2, 0) is 6.61 Å². The SMILES string of the molecule is OCc1ccn2c(Br)cnc2c1. The number of aliphatic hydroxyl groups excluding tert-OH is 1. The van der Waals surface area contributed by atoms with Gasteiger partial charge >= 0.3 is 0 Å². The van der Waals surface area contributed by atoms with Crippen LogP contribution in [0.3, 0.4) is 0 Å². The monoisotopic (exact) mass is 226 g/mol. The first-order valence-corrected chi connectivity index (χ1v) is 4.33. The standard InChI is InChI=1S/C8H7BrN2O/c9-7-4-10-8-3-6(5-12)1-2-11(7)8/h1-4,12H,5H2. The lowest BCUT2D eigenvalue weighted by atomic mass is 10.3. The minimum atomic E-state index is 0.0565. The van der Waals surface area contributed by atoms with Gasteiger partial charge in [0.1, 0.15) is 10.3 Å². The minimum Gasteiger partial charge on any atom is -0.392 e. The summed E-state index contributed by atoms with van der Waals surface area (Å²) >= 11 is 3.35. The largest absolute Gasteiger partial charge is 0.392 e. The van der Waals surface area contributed by atoms with Crippen molar-refractivity contribution in [3.63, 3.8) is 0 Å². The molecule has 0 fully saturated rings. The third kappa shape index (κ3) is 1.13. The highest BCUT2D eigenvalue weighted by Gasteiger charge is 1.99. The van der Waals surface area contributed by atoms with Gasteiger partial charge in [0.2, 0.25) is 0 Å². The number of rotatable bonds is 1. The van der Waals surface area contributed by atoms with Crippen LogP contribution in [0.25, 0.3) is 5.65 Å². The number of aliphatic hydroxyl groups is 1. The fourth-order valence-corrected chi connectivity index (χ4v) is 1.49. The first-order chi connectivity index (χ1) is 5.81. The van der Waals surface area contributed by atoms with Gasteiger partial charge in [0, 0.05) is 6.20 Å². The number of halogens is 1. The maximum absolute atomic E-state index is 8.86. The highest BCUT2D eigenvalue weighted by molar-refractivity contribution is 9.10. The van der Waals surface area contributed by atoms with Gasteiger partial charge in [-0.25, -0.2) is 4.98 Å². The molecule has 2 aromatic rings. The Morgan fingerprint density at radius 3 is 3.17 bits per heavy atom. The molecule has 3 nitrogen and oxygen atoms in total. The van der Waals surface area contributed by atoms with Crippen molar-refractivity contribution in [2.24, 2.45) is 0 Å². The molecule has 0 bridgehead atoms. The minimum absolute atomic E-state index is 0.0565. The summed E-state index contributed by atoms with van der Waals surface area (Å²) in [5, 5.41) is 8.86. The van der Waals surface area contributed by atoms with Crippen molar-refractivity contribution in [3.05, 3.63) is 34.7 Å². The Labute approximate surface area is 77.8 Å². The topological polar surface area (TPSA) is 37.5 Å². The van der Waals surface area contributed by atoms with E-state index in [2.05, 4.69) is 20.9 Å². The quantitative estimate of drug-likeness (QED) is 0.803. The third-order valence-corrected chi connectivity index (χ3v) is 2.30.